The Morgan fingerprint density at radius 2 is 2.36 bits per heavy atom. The highest BCUT2D eigenvalue weighted by atomic mass is 16.5. The van der Waals surface area contributed by atoms with Crippen molar-refractivity contribution in [3.8, 4) is 5.75 Å². The predicted molar refractivity (Wildman–Crippen MR) is 81.7 cm³/mol. The van der Waals surface area contributed by atoms with Gasteiger partial charge in [-0.2, -0.15) is 0 Å². The number of methoxy groups -OCH3 is 1. The first-order valence-corrected chi connectivity index (χ1v) is 7.64. The summed E-state index contributed by atoms with van der Waals surface area (Å²) in [6.45, 7) is 2.71. The van der Waals surface area contributed by atoms with Crippen LogP contribution in [0.1, 0.15) is 36.7 Å². The third-order valence-corrected chi connectivity index (χ3v) is 4.52. The lowest BCUT2D eigenvalue weighted by Gasteiger charge is -2.44. The highest BCUT2D eigenvalue weighted by Gasteiger charge is 2.42. The van der Waals surface area contributed by atoms with Crippen molar-refractivity contribution in [2.24, 2.45) is 5.41 Å². The molecule has 2 heterocycles. The Kier molecular flexibility index (Phi) is 5.37. The fourth-order valence-corrected chi connectivity index (χ4v) is 3.07. The molecule has 0 radical (unpaired) electrons. The van der Waals surface area contributed by atoms with Gasteiger partial charge >= 0.3 is 0 Å². The number of aromatic nitrogens is 1. The Balaban J connectivity index is 2.10. The summed E-state index contributed by atoms with van der Waals surface area (Å²) in [7, 11) is 1.54. The molecule has 0 spiro atoms. The molecule has 1 saturated heterocycles. The van der Waals surface area contributed by atoms with E-state index >= 15 is 0 Å². The number of carbonyl (C=O) groups excluding carboxylic acids is 1. The van der Waals surface area contributed by atoms with Crippen molar-refractivity contribution < 1.29 is 19.7 Å². The highest BCUT2D eigenvalue weighted by molar-refractivity contribution is 5.92. The zero-order chi connectivity index (χ0) is 16.2. The van der Waals surface area contributed by atoms with Gasteiger partial charge in [-0.1, -0.05) is 13.3 Å². The zero-order valence-electron chi connectivity index (χ0n) is 13.2. The summed E-state index contributed by atoms with van der Waals surface area (Å²) in [5.74, 6) is 0.354. The van der Waals surface area contributed by atoms with Crippen LogP contribution in [0.3, 0.4) is 0 Å². The number of aliphatic hydroxyl groups is 2. The van der Waals surface area contributed by atoms with Gasteiger partial charge in [-0.25, -0.2) is 0 Å². The minimum absolute atomic E-state index is 0.0541. The molecule has 2 N–H and O–H groups in total. The Hall–Kier alpha value is -1.66. The van der Waals surface area contributed by atoms with Crippen molar-refractivity contribution in [1.82, 2.24) is 9.88 Å². The maximum absolute atomic E-state index is 12.5. The predicted octanol–water partition coefficient (Wildman–Crippen LogP) is 1.08. The van der Waals surface area contributed by atoms with Crippen molar-refractivity contribution in [2.75, 3.05) is 26.8 Å². The summed E-state index contributed by atoms with van der Waals surface area (Å²) >= 11 is 0. The van der Waals surface area contributed by atoms with Gasteiger partial charge in [-0.15, -0.1) is 0 Å². The molecule has 6 heteroatoms. The number of amides is 1. The molecule has 1 amide bonds. The summed E-state index contributed by atoms with van der Waals surface area (Å²) in [6, 6.07) is 3.27. The molecule has 0 aliphatic carbocycles. The van der Waals surface area contributed by atoms with Gasteiger partial charge in [-0.05, 0) is 18.9 Å². The zero-order valence-corrected chi connectivity index (χ0v) is 13.2. The summed E-state index contributed by atoms with van der Waals surface area (Å²) in [5, 5.41) is 20.1. The van der Waals surface area contributed by atoms with Crippen molar-refractivity contribution in [3.63, 3.8) is 0 Å². The average Bonchev–Trinajstić information content (AvgIpc) is 2.56. The molecule has 1 aliphatic heterocycles. The van der Waals surface area contributed by atoms with Crippen LogP contribution in [0.25, 0.3) is 0 Å². The highest BCUT2D eigenvalue weighted by Crippen LogP contribution is 2.36. The molecule has 1 fully saturated rings. The van der Waals surface area contributed by atoms with Crippen LogP contribution in [0.15, 0.2) is 18.3 Å². The number of β-amino-alcohol motifs (C(OH)–C–C–N with tert-alkyl or cyclic N) is 1. The van der Waals surface area contributed by atoms with Gasteiger partial charge in [0.15, 0.2) is 0 Å². The number of piperidine rings is 1. The van der Waals surface area contributed by atoms with Gasteiger partial charge in [0.05, 0.1) is 19.8 Å². The Bertz CT molecular complexity index is 523. The molecule has 1 aromatic heterocycles. The number of aliphatic hydroxyl groups excluding tert-OH is 2. The quantitative estimate of drug-likeness (QED) is 0.850. The van der Waals surface area contributed by atoms with Crippen LogP contribution in [-0.4, -0.2) is 58.9 Å². The molecule has 0 aromatic carbocycles. The van der Waals surface area contributed by atoms with Crippen molar-refractivity contribution in [1.29, 1.82) is 0 Å². The molecule has 122 valence electrons. The molecule has 0 unspecified atom stereocenters. The monoisotopic (exact) mass is 308 g/mol. The minimum atomic E-state index is -0.722. The number of hydrogen-bond donors (Lipinski definition) is 2. The normalized spacial score (nSPS) is 25.1. The SMILES string of the molecule is CCC[C@]1(CO)CCN(C(=O)c2cc(OC)ccn2)C[C@@H]1O. The standard InChI is InChI=1S/C16H24N2O4/c1-3-5-16(11-19)6-8-18(10-14(16)20)15(21)13-9-12(22-2)4-7-17-13/h4,7,9,14,19-20H,3,5-6,8,10-11H2,1-2H3/t14-,16+/m0/s1. The van der Waals surface area contributed by atoms with Crippen LogP contribution in [0.5, 0.6) is 5.75 Å². The molecule has 1 aromatic rings. The number of ether oxygens (including phenoxy) is 1. The van der Waals surface area contributed by atoms with E-state index in [-0.39, 0.29) is 19.1 Å². The van der Waals surface area contributed by atoms with Crippen molar-refractivity contribution in [2.45, 2.75) is 32.3 Å². The van der Waals surface area contributed by atoms with Crippen LogP contribution in [0.4, 0.5) is 0 Å². The van der Waals surface area contributed by atoms with Crippen LogP contribution >= 0.6 is 0 Å². The Morgan fingerprint density at radius 1 is 1.59 bits per heavy atom. The van der Waals surface area contributed by atoms with E-state index in [0.717, 1.165) is 12.8 Å². The average molecular weight is 308 g/mol. The molecule has 6 nitrogen and oxygen atoms in total. The number of hydrogen-bond acceptors (Lipinski definition) is 5. The molecule has 0 bridgehead atoms. The fraction of sp³-hybridized carbons (Fsp3) is 0.625. The van der Waals surface area contributed by atoms with Gasteiger partial charge in [0, 0.05) is 30.8 Å². The summed E-state index contributed by atoms with van der Waals surface area (Å²) in [4.78, 5) is 18.2. The molecule has 2 atom stereocenters. The van der Waals surface area contributed by atoms with Crippen LogP contribution in [-0.2, 0) is 0 Å². The van der Waals surface area contributed by atoms with Gasteiger partial charge in [0.25, 0.3) is 5.91 Å². The van der Waals surface area contributed by atoms with Crippen LogP contribution in [0.2, 0.25) is 0 Å². The Labute approximate surface area is 130 Å². The first kappa shape index (κ1) is 16.7. The maximum Gasteiger partial charge on any atom is 0.272 e. The van der Waals surface area contributed by atoms with Gasteiger partial charge in [0.2, 0.25) is 0 Å². The smallest absolute Gasteiger partial charge is 0.272 e. The first-order valence-electron chi connectivity index (χ1n) is 7.64. The fourth-order valence-electron chi connectivity index (χ4n) is 3.07. The number of rotatable bonds is 5. The minimum Gasteiger partial charge on any atom is -0.497 e. The van der Waals surface area contributed by atoms with E-state index in [1.165, 1.54) is 13.3 Å². The lowest BCUT2D eigenvalue weighted by molar-refractivity contribution is -0.0714. The second-order valence-electron chi connectivity index (χ2n) is 5.87. The lowest BCUT2D eigenvalue weighted by atomic mass is 9.73. The lowest BCUT2D eigenvalue weighted by Crippen LogP contribution is -2.54. The van der Waals surface area contributed by atoms with E-state index in [9.17, 15) is 15.0 Å². The number of carbonyl (C=O) groups is 1. The van der Waals surface area contributed by atoms with E-state index in [1.54, 1.807) is 17.0 Å². The van der Waals surface area contributed by atoms with Crippen LogP contribution < -0.4 is 4.74 Å². The van der Waals surface area contributed by atoms with E-state index in [2.05, 4.69) is 4.98 Å². The first-order chi connectivity index (χ1) is 10.6. The van der Waals surface area contributed by atoms with Gasteiger partial charge in [-0.3, -0.25) is 9.78 Å². The number of likely N-dealkylation sites (tertiary alicyclic amines) is 1. The third kappa shape index (κ3) is 3.23. The van der Waals surface area contributed by atoms with Crippen molar-refractivity contribution in [3.05, 3.63) is 24.0 Å². The molecular formula is C16H24N2O4. The summed E-state index contributed by atoms with van der Waals surface area (Å²) < 4.78 is 5.10. The largest absolute Gasteiger partial charge is 0.497 e. The Morgan fingerprint density at radius 3 is 2.95 bits per heavy atom. The second kappa shape index (κ2) is 7.07. The van der Waals surface area contributed by atoms with E-state index in [1.807, 2.05) is 6.92 Å². The summed E-state index contributed by atoms with van der Waals surface area (Å²) in [5.41, 5.74) is -0.189. The molecular weight excluding hydrogens is 284 g/mol. The topological polar surface area (TPSA) is 82.9 Å². The number of pyridine rings is 1. The molecule has 1 aliphatic rings. The number of nitrogens with zero attached hydrogens (tertiary/aromatic N) is 2. The van der Waals surface area contributed by atoms with Crippen LogP contribution in [0, 0.1) is 5.41 Å². The summed E-state index contributed by atoms with van der Waals surface area (Å²) in [6.07, 6.45) is 3.05. The second-order valence-corrected chi connectivity index (χ2v) is 5.87. The molecule has 0 saturated carbocycles. The van der Waals surface area contributed by atoms with Gasteiger partial charge in [0.1, 0.15) is 11.4 Å². The van der Waals surface area contributed by atoms with E-state index < -0.39 is 11.5 Å². The van der Waals surface area contributed by atoms with E-state index in [4.69, 9.17) is 4.74 Å². The van der Waals surface area contributed by atoms with Crippen molar-refractivity contribution >= 4 is 5.91 Å². The third-order valence-electron chi connectivity index (χ3n) is 4.52. The van der Waals surface area contributed by atoms with E-state index in [0.29, 0.717) is 24.4 Å². The maximum atomic E-state index is 12.5. The molecule has 22 heavy (non-hydrogen) atoms. The molecule has 2 rings (SSSR count). The van der Waals surface area contributed by atoms with Gasteiger partial charge < -0.3 is 19.8 Å².